The number of benzene rings is 1. The standard InChI is InChI=1S/C22H26N4O7/c27-13-15(12-20(30)31)23-21(32)17-7-4-10-25-19(29)9-8-16(22(33)26(17)25)24-18(28)11-14-5-2-1-3-6-14/h1-3,5-6,13,15-17H,4,7-12H2,(H,23,32)(H,24,28)(H,30,31). The van der Waals surface area contributed by atoms with Crippen molar-refractivity contribution in [3.05, 3.63) is 35.9 Å². The van der Waals surface area contributed by atoms with Gasteiger partial charge in [0.05, 0.1) is 18.9 Å². The predicted molar refractivity (Wildman–Crippen MR) is 113 cm³/mol. The Labute approximate surface area is 190 Å². The number of carboxylic acids is 1. The summed E-state index contributed by atoms with van der Waals surface area (Å²) in [5.41, 5.74) is 0.766. The Balaban J connectivity index is 1.76. The van der Waals surface area contributed by atoms with Crippen molar-refractivity contribution in [1.82, 2.24) is 20.7 Å². The van der Waals surface area contributed by atoms with Gasteiger partial charge in [0.2, 0.25) is 17.7 Å². The van der Waals surface area contributed by atoms with E-state index in [-0.39, 0.29) is 44.0 Å². The molecular formula is C22H26N4O7. The molecule has 11 nitrogen and oxygen atoms in total. The molecule has 2 fully saturated rings. The van der Waals surface area contributed by atoms with E-state index in [2.05, 4.69) is 10.6 Å². The van der Waals surface area contributed by atoms with Crippen molar-refractivity contribution in [1.29, 1.82) is 0 Å². The van der Waals surface area contributed by atoms with E-state index in [1.54, 1.807) is 24.3 Å². The van der Waals surface area contributed by atoms with Crippen molar-refractivity contribution >= 4 is 35.9 Å². The molecule has 1 aromatic carbocycles. The van der Waals surface area contributed by atoms with Crippen LogP contribution in [0, 0.1) is 0 Å². The fraction of sp³-hybridized carbons (Fsp3) is 0.455. The molecule has 2 saturated heterocycles. The van der Waals surface area contributed by atoms with Gasteiger partial charge in [-0.2, -0.15) is 0 Å². The maximum absolute atomic E-state index is 13.3. The first-order valence-corrected chi connectivity index (χ1v) is 10.7. The molecule has 176 valence electrons. The highest BCUT2D eigenvalue weighted by atomic mass is 16.4. The van der Waals surface area contributed by atoms with Crippen molar-refractivity contribution in [2.24, 2.45) is 0 Å². The van der Waals surface area contributed by atoms with E-state index in [0.717, 1.165) is 10.6 Å². The lowest BCUT2D eigenvalue weighted by molar-refractivity contribution is -0.176. The van der Waals surface area contributed by atoms with Gasteiger partial charge in [-0.1, -0.05) is 30.3 Å². The van der Waals surface area contributed by atoms with Gasteiger partial charge in [0.15, 0.2) is 0 Å². The van der Waals surface area contributed by atoms with Crippen LogP contribution in [-0.4, -0.2) is 75.7 Å². The van der Waals surface area contributed by atoms with Crippen LogP contribution in [-0.2, 0) is 35.2 Å². The maximum Gasteiger partial charge on any atom is 0.305 e. The first-order chi connectivity index (χ1) is 15.8. The first-order valence-electron chi connectivity index (χ1n) is 10.7. The zero-order chi connectivity index (χ0) is 24.0. The number of hydrogen-bond donors (Lipinski definition) is 3. The van der Waals surface area contributed by atoms with Crippen molar-refractivity contribution in [3.63, 3.8) is 0 Å². The average Bonchev–Trinajstić information content (AvgIpc) is 2.91. The molecular weight excluding hydrogens is 432 g/mol. The van der Waals surface area contributed by atoms with Crippen LogP contribution < -0.4 is 10.6 Å². The molecule has 0 spiro atoms. The molecule has 3 unspecified atom stereocenters. The third-order valence-corrected chi connectivity index (χ3v) is 5.59. The molecule has 11 heteroatoms. The van der Waals surface area contributed by atoms with Gasteiger partial charge in [0.1, 0.15) is 18.4 Å². The van der Waals surface area contributed by atoms with Gasteiger partial charge in [-0.25, -0.2) is 5.01 Å². The molecule has 2 aliphatic heterocycles. The van der Waals surface area contributed by atoms with Crippen LogP contribution in [0.15, 0.2) is 30.3 Å². The Morgan fingerprint density at radius 3 is 2.55 bits per heavy atom. The number of aldehydes is 1. The third kappa shape index (κ3) is 5.93. The monoisotopic (exact) mass is 458 g/mol. The van der Waals surface area contributed by atoms with Crippen LogP contribution in [0.1, 0.15) is 37.7 Å². The zero-order valence-electron chi connectivity index (χ0n) is 17.9. The maximum atomic E-state index is 13.3. The lowest BCUT2D eigenvalue weighted by Crippen LogP contribution is -2.64. The van der Waals surface area contributed by atoms with Gasteiger partial charge < -0.3 is 20.5 Å². The third-order valence-electron chi connectivity index (χ3n) is 5.59. The Kier molecular flexibility index (Phi) is 7.75. The number of nitrogens with one attached hydrogen (secondary N) is 2. The molecule has 3 atom stereocenters. The van der Waals surface area contributed by atoms with Gasteiger partial charge in [-0.3, -0.25) is 29.0 Å². The number of nitrogens with zero attached hydrogens (tertiary/aromatic N) is 2. The summed E-state index contributed by atoms with van der Waals surface area (Å²) in [7, 11) is 0. The lowest BCUT2D eigenvalue weighted by Gasteiger charge is -2.43. The molecule has 1 aromatic rings. The number of aliphatic carboxylic acids is 1. The van der Waals surface area contributed by atoms with E-state index in [1.165, 1.54) is 5.01 Å². The molecule has 0 aromatic heterocycles. The van der Waals surface area contributed by atoms with E-state index in [9.17, 15) is 28.8 Å². The number of fused-ring (bicyclic) bond motifs is 1. The molecule has 0 aliphatic carbocycles. The summed E-state index contributed by atoms with van der Waals surface area (Å²) in [6, 6.07) is 5.63. The van der Waals surface area contributed by atoms with Gasteiger partial charge in [-0.15, -0.1) is 0 Å². The minimum Gasteiger partial charge on any atom is -0.481 e. The number of rotatable bonds is 8. The number of amides is 4. The molecule has 2 aliphatic rings. The molecule has 0 saturated carbocycles. The summed E-state index contributed by atoms with van der Waals surface area (Å²) in [5, 5.41) is 16.2. The Bertz CT molecular complexity index is 936. The average molecular weight is 458 g/mol. The van der Waals surface area contributed by atoms with Gasteiger partial charge in [0.25, 0.3) is 5.91 Å². The topological polar surface area (TPSA) is 153 Å². The highest BCUT2D eigenvalue weighted by Gasteiger charge is 2.44. The number of carboxylic acid groups (broad SMARTS) is 1. The summed E-state index contributed by atoms with van der Waals surface area (Å²) < 4.78 is 0. The van der Waals surface area contributed by atoms with Crippen molar-refractivity contribution in [3.8, 4) is 0 Å². The van der Waals surface area contributed by atoms with Crippen LogP contribution in [0.25, 0.3) is 0 Å². The summed E-state index contributed by atoms with van der Waals surface area (Å²) in [6.45, 7) is 0.241. The molecule has 3 N–H and O–H groups in total. The van der Waals surface area contributed by atoms with Crippen LogP contribution in [0.3, 0.4) is 0 Å². The summed E-state index contributed by atoms with van der Waals surface area (Å²) >= 11 is 0. The minimum atomic E-state index is -1.26. The van der Waals surface area contributed by atoms with E-state index in [4.69, 9.17) is 5.11 Å². The first kappa shape index (κ1) is 23.9. The highest BCUT2D eigenvalue weighted by Crippen LogP contribution is 2.25. The van der Waals surface area contributed by atoms with Crippen LogP contribution in [0.5, 0.6) is 0 Å². The van der Waals surface area contributed by atoms with Gasteiger partial charge >= 0.3 is 5.97 Å². The van der Waals surface area contributed by atoms with Crippen molar-refractivity contribution in [2.45, 2.75) is 56.7 Å². The normalized spacial score (nSPS) is 21.5. The summed E-state index contributed by atoms with van der Waals surface area (Å²) in [5.74, 6) is -3.32. The fourth-order valence-electron chi connectivity index (χ4n) is 4.03. The Morgan fingerprint density at radius 2 is 1.88 bits per heavy atom. The molecule has 0 bridgehead atoms. The largest absolute Gasteiger partial charge is 0.481 e. The lowest BCUT2D eigenvalue weighted by atomic mass is 10.0. The van der Waals surface area contributed by atoms with E-state index in [0.29, 0.717) is 12.7 Å². The Morgan fingerprint density at radius 1 is 1.15 bits per heavy atom. The van der Waals surface area contributed by atoms with Crippen LogP contribution in [0.4, 0.5) is 0 Å². The molecule has 0 radical (unpaired) electrons. The molecule has 2 heterocycles. The predicted octanol–water partition coefficient (Wildman–Crippen LogP) is -0.599. The quantitative estimate of drug-likeness (QED) is 0.440. The van der Waals surface area contributed by atoms with Crippen molar-refractivity contribution < 1.29 is 33.9 Å². The minimum absolute atomic E-state index is 0.0167. The molecule has 4 amide bonds. The van der Waals surface area contributed by atoms with E-state index < -0.39 is 42.3 Å². The second-order valence-electron chi connectivity index (χ2n) is 8.03. The zero-order valence-corrected chi connectivity index (χ0v) is 17.9. The SMILES string of the molecule is O=CC(CC(=O)O)NC(=O)C1CCCN2C(=O)CCC(NC(=O)Cc3ccccc3)C(=O)N12. The second kappa shape index (κ2) is 10.7. The van der Waals surface area contributed by atoms with Crippen LogP contribution in [0.2, 0.25) is 0 Å². The molecule has 33 heavy (non-hydrogen) atoms. The fourth-order valence-corrected chi connectivity index (χ4v) is 4.03. The second-order valence-corrected chi connectivity index (χ2v) is 8.03. The Hall–Kier alpha value is -3.76. The summed E-state index contributed by atoms with van der Waals surface area (Å²) in [6.07, 6.45) is 0.556. The summed E-state index contributed by atoms with van der Waals surface area (Å²) in [4.78, 5) is 73.5. The smallest absolute Gasteiger partial charge is 0.305 e. The highest BCUT2D eigenvalue weighted by molar-refractivity contribution is 5.96. The van der Waals surface area contributed by atoms with Gasteiger partial charge in [0, 0.05) is 13.0 Å². The number of carbonyl (C=O) groups excluding carboxylic acids is 5. The number of hydrazine groups is 1. The molecule has 3 rings (SSSR count). The van der Waals surface area contributed by atoms with Crippen LogP contribution >= 0.6 is 0 Å². The number of hydrogen-bond acceptors (Lipinski definition) is 6. The van der Waals surface area contributed by atoms with Crippen molar-refractivity contribution in [2.75, 3.05) is 6.54 Å². The van der Waals surface area contributed by atoms with Gasteiger partial charge in [-0.05, 0) is 24.8 Å². The number of carbonyl (C=O) groups is 6. The van der Waals surface area contributed by atoms with E-state index in [1.807, 2.05) is 6.07 Å². The van der Waals surface area contributed by atoms with E-state index >= 15 is 0 Å².